The van der Waals surface area contributed by atoms with Crippen LogP contribution in [0.1, 0.15) is 30.1 Å². The molecule has 0 aliphatic carbocycles. The summed E-state index contributed by atoms with van der Waals surface area (Å²) >= 11 is 0. The van der Waals surface area contributed by atoms with Crippen molar-refractivity contribution in [2.75, 3.05) is 32.1 Å². The lowest BCUT2D eigenvalue weighted by Crippen LogP contribution is -2.41. The normalized spacial score (nSPS) is 14.7. The molecule has 0 bridgehead atoms. The Morgan fingerprint density at radius 2 is 1.85 bits per heavy atom. The fourth-order valence-electron chi connectivity index (χ4n) is 2.68. The molecule has 142 valence electrons. The molecule has 0 aromatic heterocycles. The Kier molecular flexibility index (Phi) is 6.48. The largest absolute Gasteiger partial charge is 0.465 e. The minimum Gasteiger partial charge on any atom is -0.465 e. The highest BCUT2D eigenvalue weighted by molar-refractivity contribution is 5.95. The minimum atomic E-state index is -1.07. The van der Waals surface area contributed by atoms with Crippen LogP contribution in [0, 0.1) is 17.6 Å². The predicted octanol–water partition coefficient (Wildman–Crippen LogP) is 2.56. The van der Waals surface area contributed by atoms with Crippen molar-refractivity contribution in [2.24, 2.45) is 5.92 Å². The topological polar surface area (TPSA) is 84.9 Å². The Bertz CT molecular complexity index is 703. The molecule has 0 spiro atoms. The zero-order valence-electron chi connectivity index (χ0n) is 14.5. The van der Waals surface area contributed by atoms with Gasteiger partial charge in [0.1, 0.15) is 11.6 Å². The number of carbonyl (C=O) groups excluding carboxylic acids is 3. The van der Waals surface area contributed by atoms with E-state index in [2.05, 4.69) is 10.1 Å². The lowest BCUT2D eigenvalue weighted by Gasteiger charge is -2.30. The Morgan fingerprint density at radius 3 is 2.42 bits per heavy atom. The third-order valence-corrected chi connectivity index (χ3v) is 4.11. The smallest absolute Gasteiger partial charge is 0.409 e. The summed E-state index contributed by atoms with van der Waals surface area (Å²) in [4.78, 5) is 37.0. The molecule has 0 saturated carbocycles. The van der Waals surface area contributed by atoms with Crippen LogP contribution < -0.4 is 5.32 Å². The van der Waals surface area contributed by atoms with E-state index in [-0.39, 0.29) is 12.3 Å². The van der Waals surface area contributed by atoms with Crippen LogP contribution in [0.15, 0.2) is 12.1 Å². The number of piperidine rings is 1. The van der Waals surface area contributed by atoms with Gasteiger partial charge in [-0.1, -0.05) is 0 Å². The molecule has 0 atom stereocenters. The number of amides is 2. The second-order valence-electron chi connectivity index (χ2n) is 5.75. The number of methoxy groups -OCH3 is 1. The van der Waals surface area contributed by atoms with Crippen LogP contribution in [-0.2, 0) is 14.3 Å². The summed E-state index contributed by atoms with van der Waals surface area (Å²) in [7, 11) is 1.07. The standard InChI is InChI=1S/C17H20F2N2O5/c1-3-26-17(24)21-6-4-10(5-7-21)15(22)20-14-8-11(16(23)25-2)12(18)9-13(14)19/h8-10H,3-7H2,1-2H3,(H,20,22). The van der Waals surface area contributed by atoms with Crippen molar-refractivity contribution in [2.45, 2.75) is 19.8 Å². The molecule has 1 aromatic carbocycles. The summed E-state index contributed by atoms with van der Waals surface area (Å²) in [5.74, 6) is -3.94. The lowest BCUT2D eigenvalue weighted by atomic mass is 9.96. The summed E-state index contributed by atoms with van der Waals surface area (Å²) in [6.07, 6.45) is 0.341. The number of hydrogen-bond donors (Lipinski definition) is 1. The number of hydrogen-bond acceptors (Lipinski definition) is 5. The van der Waals surface area contributed by atoms with Gasteiger partial charge in [-0.15, -0.1) is 0 Å². The molecule has 2 amide bonds. The van der Waals surface area contributed by atoms with Crippen molar-refractivity contribution >= 4 is 23.7 Å². The van der Waals surface area contributed by atoms with E-state index in [1.54, 1.807) is 6.92 Å². The number of nitrogens with one attached hydrogen (secondary N) is 1. The Balaban J connectivity index is 2.02. The van der Waals surface area contributed by atoms with E-state index in [1.165, 1.54) is 4.90 Å². The van der Waals surface area contributed by atoms with Crippen molar-refractivity contribution in [3.05, 3.63) is 29.3 Å². The molecule has 1 heterocycles. The van der Waals surface area contributed by atoms with Gasteiger partial charge in [0.2, 0.25) is 5.91 Å². The van der Waals surface area contributed by atoms with Gasteiger partial charge in [0.05, 0.1) is 25.0 Å². The molecule has 1 aromatic rings. The maximum absolute atomic E-state index is 13.9. The first kappa shape index (κ1) is 19.6. The van der Waals surface area contributed by atoms with Crippen molar-refractivity contribution in [3.63, 3.8) is 0 Å². The maximum atomic E-state index is 13.9. The molecular formula is C17H20F2N2O5. The van der Waals surface area contributed by atoms with E-state index in [4.69, 9.17) is 4.74 Å². The summed E-state index contributed by atoms with van der Waals surface area (Å²) in [6.45, 7) is 2.66. The summed E-state index contributed by atoms with van der Waals surface area (Å²) in [6, 6.07) is 1.42. The van der Waals surface area contributed by atoms with Gasteiger partial charge in [0, 0.05) is 25.1 Å². The molecule has 9 heteroatoms. The summed E-state index contributed by atoms with van der Waals surface area (Å²) in [5.41, 5.74) is -0.772. The van der Waals surface area contributed by atoms with Crippen molar-refractivity contribution in [1.29, 1.82) is 0 Å². The number of esters is 1. The quantitative estimate of drug-likeness (QED) is 0.824. The molecule has 0 unspecified atom stereocenters. The third-order valence-electron chi connectivity index (χ3n) is 4.11. The van der Waals surface area contributed by atoms with Gasteiger partial charge in [-0.25, -0.2) is 18.4 Å². The van der Waals surface area contributed by atoms with Gasteiger partial charge in [0.25, 0.3) is 0 Å². The zero-order valence-corrected chi connectivity index (χ0v) is 14.5. The molecule has 1 aliphatic rings. The Labute approximate surface area is 149 Å². The molecule has 1 aliphatic heterocycles. The third kappa shape index (κ3) is 4.47. The van der Waals surface area contributed by atoms with Crippen molar-refractivity contribution in [3.8, 4) is 0 Å². The highest BCUT2D eigenvalue weighted by atomic mass is 19.1. The monoisotopic (exact) mass is 370 g/mol. The minimum absolute atomic E-state index is 0.269. The highest BCUT2D eigenvalue weighted by Gasteiger charge is 2.28. The first-order valence-electron chi connectivity index (χ1n) is 8.17. The predicted molar refractivity (Wildman–Crippen MR) is 87.6 cm³/mol. The first-order valence-corrected chi connectivity index (χ1v) is 8.17. The molecule has 1 fully saturated rings. The average Bonchev–Trinajstić information content (AvgIpc) is 2.63. The number of likely N-dealkylation sites (tertiary alicyclic amines) is 1. The van der Waals surface area contributed by atoms with E-state index < -0.39 is 41.1 Å². The van der Waals surface area contributed by atoms with Crippen LogP contribution in [0.2, 0.25) is 0 Å². The fraction of sp³-hybridized carbons (Fsp3) is 0.471. The van der Waals surface area contributed by atoms with Gasteiger partial charge in [-0.3, -0.25) is 4.79 Å². The van der Waals surface area contributed by atoms with E-state index in [9.17, 15) is 23.2 Å². The van der Waals surface area contributed by atoms with Gasteiger partial charge in [-0.2, -0.15) is 0 Å². The number of halogens is 2. The molecular weight excluding hydrogens is 350 g/mol. The number of ether oxygens (including phenoxy) is 2. The van der Waals surface area contributed by atoms with Crippen LogP contribution in [0.5, 0.6) is 0 Å². The first-order chi connectivity index (χ1) is 12.4. The van der Waals surface area contributed by atoms with E-state index in [0.29, 0.717) is 32.0 Å². The Hall–Kier alpha value is -2.71. The van der Waals surface area contributed by atoms with Gasteiger partial charge in [-0.05, 0) is 25.8 Å². The van der Waals surface area contributed by atoms with Crippen molar-refractivity contribution in [1.82, 2.24) is 4.90 Å². The number of anilines is 1. The van der Waals surface area contributed by atoms with Gasteiger partial charge >= 0.3 is 12.1 Å². The number of nitrogens with zero attached hydrogens (tertiary/aromatic N) is 1. The Morgan fingerprint density at radius 1 is 1.19 bits per heavy atom. The molecule has 1 N–H and O–H groups in total. The summed E-state index contributed by atoms with van der Waals surface area (Å²) in [5, 5.41) is 2.37. The molecule has 0 radical (unpaired) electrons. The molecule has 26 heavy (non-hydrogen) atoms. The zero-order chi connectivity index (χ0) is 19.3. The van der Waals surface area contributed by atoms with Gasteiger partial charge < -0.3 is 19.7 Å². The number of rotatable bonds is 4. The molecule has 7 nitrogen and oxygen atoms in total. The van der Waals surface area contributed by atoms with Crippen LogP contribution in [0.4, 0.5) is 19.3 Å². The number of benzene rings is 1. The molecule has 2 rings (SSSR count). The average molecular weight is 370 g/mol. The van der Waals surface area contributed by atoms with E-state index >= 15 is 0 Å². The fourth-order valence-corrected chi connectivity index (χ4v) is 2.68. The van der Waals surface area contributed by atoms with E-state index in [1.807, 2.05) is 0 Å². The lowest BCUT2D eigenvalue weighted by molar-refractivity contribution is -0.121. The second-order valence-corrected chi connectivity index (χ2v) is 5.75. The van der Waals surface area contributed by atoms with Crippen LogP contribution in [0.25, 0.3) is 0 Å². The SMILES string of the molecule is CCOC(=O)N1CCC(C(=O)Nc2cc(C(=O)OC)c(F)cc2F)CC1. The highest BCUT2D eigenvalue weighted by Crippen LogP contribution is 2.24. The molecule has 1 saturated heterocycles. The number of carbonyl (C=O) groups is 3. The van der Waals surface area contributed by atoms with Crippen LogP contribution in [-0.4, -0.2) is 49.7 Å². The van der Waals surface area contributed by atoms with Crippen LogP contribution in [0.3, 0.4) is 0 Å². The van der Waals surface area contributed by atoms with Gasteiger partial charge in [0.15, 0.2) is 0 Å². The van der Waals surface area contributed by atoms with Crippen LogP contribution >= 0.6 is 0 Å². The van der Waals surface area contributed by atoms with Crippen molar-refractivity contribution < 1.29 is 32.6 Å². The summed E-state index contributed by atoms with van der Waals surface area (Å²) < 4.78 is 36.9. The second kappa shape index (κ2) is 8.59. The van der Waals surface area contributed by atoms with E-state index in [0.717, 1.165) is 13.2 Å². The maximum Gasteiger partial charge on any atom is 0.409 e.